The molecule has 1 rings (SSSR count). The van der Waals surface area contributed by atoms with Gasteiger partial charge in [0.25, 0.3) is 0 Å². The van der Waals surface area contributed by atoms with Crippen molar-refractivity contribution in [2.45, 2.75) is 44.9 Å². The predicted molar refractivity (Wildman–Crippen MR) is 56.7 cm³/mol. The van der Waals surface area contributed by atoms with Crippen LogP contribution in [0.1, 0.15) is 26.7 Å². The number of urea groups is 1. The molecule has 0 aromatic carbocycles. The highest BCUT2D eigenvalue weighted by Gasteiger charge is 2.25. The van der Waals surface area contributed by atoms with Crippen molar-refractivity contribution in [1.29, 1.82) is 0 Å². The third kappa shape index (κ3) is 4.48. The minimum absolute atomic E-state index is 0.0903. The number of amides is 2. The highest BCUT2D eigenvalue weighted by Crippen LogP contribution is 2.11. The Hall–Kier alpha value is -0.810. The van der Waals surface area contributed by atoms with Crippen LogP contribution >= 0.6 is 0 Å². The van der Waals surface area contributed by atoms with E-state index in [-0.39, 0.29) is 24.3 Å². The molecule has 0 aliphatic carbocycles. The number of ether oxygens (including phenoxy) is 1. The van der Waals surface area contributed by atoms with Crippen molar-refractivity contribution in [2.24, 2.45) is 0 Å². The molecule has 0 saturated carbocycles. The average molecular weight is 216 g/mol. The molecule has 3 unspecified atom stereocenters. The molecule has 1 saturated heterocycles. The number of aliphatic hydroxyl groups excluding tert-OH is 1. The molecule has 5 nitrogen and oxygen atoms in total. The zero-order valence-corrected chi connectivity index (χ0v) is 9.32. The van der Waals surface area contributed by atoms with Gasteiger partial charge < -0.3 is 20.5 Å². The lowest BCUT2D eigenvalue weighted by atomic mass is 10.2. The van der Waals surface area contributed by atoms with Gasteiger partial charge in [-0.05, 0) is 26.7 Å². The van der Waals surface area contributed by atoms with Crippen LogP contribution in [0.15, 0.2) is 0 Å². The maximum atomic E-state index is 11.4. The maximum Gasteiger partial charge on any atom is 0.315 e. The number of hydrogen-bond acceptors (Lipinski definition) is 3. The van der Waals surface area contributed by atoms with Gasteiger partial charge in [-0.15, -0.1) is 0 Å². The van der Waals surface area contributed by atoms with Crippen molar-refractivity contribution >= 4 is 6.03 Å². The first-order valence-corrected chi connectivity index (χ1v) is 5.43. The molecular formula is C10H20N2O3. The average Bonchev–Trinajstić information content (AvgIpc) is 2.51. The molecule has 1 aliphatic rings. The van der Waals surface area contributed by atoms with E-state index in [0.717, 1.165) is 6.42 Å². The van der Waals surface area contributed by atoms with E-state index >= 15 is 0 Å². The Morgan fingerprint density at radius 1 is 1.67 bits per heavy atom. The number of aliphatic hydroxyl groups is 1. The van der Waals surface area contributed by atoms with Crippen molar-refractivity contribution < 1.29 is 14.6 Å². The maximum absolute atomic E-state index is 11.4. The van der Waals surface area contributed by atoms with E-state index in [1.54, 1.807) is 6.92 Å². The van der Waals surface area contributed by atoms with Gasteiger partial charge in [-0.3, -0.25) is 0 Å². The van der Waals surface area contributed by atoms with E-state index in [0.29, 0.717) is 19.6 Å². The fraction of sp³-hybridized carbons (Fsp3) is 0.900. The lowest BCUT2D eigenvalue weighted by Crippen LogP contribution is -2.45. The fourth-order valence-electron chi connectivity index (χ4n) is 1.54. The van der Waals surface area contributed by atoms with Crippen LogP contribution in [0.3, 0.4) is 0 Å². The predicted octanol–water partition coefficient (Wildman–Crippen LogP) is 0.234. The molecular weight excluding hydrogens is 196 g/mol. The van der Waals surface area contributed by atoms with Gasteiger partial charge in [-0.25, -0.2) is 4.79 Å². The fourth-order valence-corrected chi connectivity index (χ4v) is 1.54. The second kappa shape index (κ2) is 5.92. The van der Waals surface area contributed by atoms with Gasteiger partial charge in [0.1, 0.15) is 0 Å². The Kier molecular flexibility index (Phi) is 4.84. The number of nitrogens with one attached hydrogen (secondary N) is 2. The van der Waals surface area contributed by atoms with Crippen LogP contribution in [-0.2, 0) is 4.74 Å². The number of rotatable bonds is 4. The van der Waals surface area contributed by atoms with Gasteiger partial charge >= 0.3 is 6.03 Å². The molecule has 0 spiro atoms. The number of hydrogen-bond donors (Lipinski definition) is 3. The summed E-state index contributed by atoms with van der Waals surface area (Å²) < 4.78 is 5.33. The Bertz CT molecular complexity index is 209. The van der Waals surface area contributed by atoms with E-state index in [1.165, 1.54) is 0 Å². The first-order valence-electron chi connectivity index (χ1n) is 5.43. The molecule has 1 heterocycles. The van der Waals surface area contributed by atoms with Crippen LogP contribution in [0.5, 0.6) is 0 Å². The zero-order chi connectivity index (χ0) is 11.3. The SMILES string of the molecule is CC(O)CCNC(=O)NC1CCOC1C. The largest absolute Gasteiger partial charge is 0.393 e. The summed E-state index contributed by atoms with van der Waals surface area (Å²) in [6, 6.07) is -0.0745. The zero-order valence-electron chi connectivity index (χ0n) is 9.32. The van der Waals surface area contributed by atoms with Gasteiger partial charge in [0.15, 0.2) is 0 Å². The summed E-state index contributed by atoms with van der Waals surface area (Å²) in [5.74, 6) is 0. The molecule has 1 fully saturated rings. The Morgan fingerprint density at radius 3 is 2.93 bits per heavy atom. The summed E-state index contributed by atoms with van der Waals surface area (Å²) in [6.07, 6.45) is 1.15. The summed E-state index contributed by atoms with van der Waals surface area (Å²) in [4.78, 5) is 11.4. The van der Waals surface area contributed by atoms with Crippen LogP contribution in [-0.4, -0.2) is 42.5 Å². The minimum Gasteiger partial charge on any atom is -0.393 e. The normalized spacial score (nSPS) is 27.4. The highest BCUT2D eigenvalue weighted by atomic mass is 16.5. The molecule has 5 heteroatoms. The lowest BCUT2D eigenvalue weighted by molar-refractivity contribution is 0.114. The van der Waals surface area contributed by atoms with Gasteiger partial charge in [0, 0.05) is 13.2 Å². The second-order valence-electron chi connectivity index (χ2n) is 4.01. The van der Waals surface area contributed by atoms with Gasteiger partial charge in [0.2, 0.25) is 0 Å². The van der Waals surface area contributed by atoms with Gasteiger partial charge in [0.05, 0.1) is 18.2 Å². The first kappa shape index (κ1) is 12.3. The molecule has 1 aliphatic heterocycles. The topological polar surface area (TPSA) is 70.6 Å². The smallest absolute Gasteiger partial charge is 0.315 e. The first-order chi connectivity index (χ1) is 7.09. The molecule has 3 N–H and O–H groups in total. The summed E-state index contributed by atoms with van der Waals surface area (Å²) in [5.41, 5.74) is 0. The van der Waals surface area contributed by atoms with Crippen molar-refractivity contribution in [3.8, 4) is 0 Å². The van der Waals surface area contributed by atoms with Crippen LogP contribution in [0.4, 0.5) is 4.79 Å². The monoisotopic (exact) mass is 216 g/mol. The van der Waals surface area contributed by atoms with Crippen molar-refractivity contribution in [3.63, 3.8) is 0 Å². The van der Waals surface area contributed by atoms with E-state index in [2.05, 4.69) is 10.6 Å². The molecule has 88 valence electrons. The Labute approximate surface area is 90.2 Å². The third-order valence-electron chi connectivity index (χ3n) is 2.54. The lowest BCUT2D eigenvalue weighted by Gasteiger charge is -2.16. The number of carbonyl (C=O) groups is 1. The molecule has 15 heavy (non-hydrogen) atoms. The molecule has 0 radical (unpaired) electrons. The quantitative estimate of drug-likeness (QED) is 0.630. The second-order valence-corrected chi connectivity index (χ2v) is 4.01. The summed E-state index contributed by atoms with van der Waals surface area (Å²) >= 11 is 0. The molecule has 0 aromatic rings. The molecule has 0 bridgehead atoms. The molecule has 2 amide bonds. The summed E-state index contributed by atoms with van der Waals surface area (Å²) in [5, 5.41) is 14.5. The van der Waals surface area contributed by atoms with Gasteiger partial charge in [-0.2, -0.15) is 0 Å². The molecule has 3 atom stereocenters. The Morgan fingerprint density at radius 2 is 2.40 bits per heavy atom. The minimum atomic E-state index is -0.376. The van der Waals surface area contributed by atoms with Crippen LogP contribution in [0.25, 0.3) is 0 Å². The summed E-state index contributed by atoms with van der Waals surface area (Å²) in [7, 11) is 0. The third-order valence-corrected chi connectivity index (χ3v) is 2.54. The van der Waals surface area contributed by atoms with Crippen LogP contribution < -0.4 is 10.6 Å². The van der Waals surface area contributed by atoms with E-state index in [4.69, 9.17) is 9.84 Å². The summed E-state index contributed by atoms with van der Waals surface area (Å²) in [6.45, 7) is 4.85. The highest BCUT2D eigenvalue weighted by molar-refractivity contribution is 5.74. The van der Waals surface area contributed by atoms with Crippen LogP contribution in [0.2, 0.25) is 0 Å². The molecule has 0 aromatic heterocycles. The van der Waals surface area contributed by atoms with E-state index < -0.39 is 0 Å². The van der Waals surface area contributed by atoms with Crippen molar-refractivity contribution in [2.75, 3.05) is 13.2 Å². The van der Waals surface area contributed by atoms with Crippen molar-refractivity contribution in [3.05, 3.63) is 0 Å². The van der Waals surface area contributed by atoms with E-state index in [1.807, 2.05) is 6.92 Å². The standard InChI is InChI=1S/C10H20N2O3/c1-7(13)3-5-11-10(14)12-9-4-6-15-8(9)2/h7-9,13H,3-6H2,1-2H3,(H2,11,12,14). The van der Waals surface area contributed by atoms with E-state index in [9.17, 15) is 4.79 Å². The van der Waals surface area contributed by atoms with Gasteiger partial charge in [-0.1, -0.05) is 0 Å². The number of carbonyl (C=O) groups excluding carboxylic acids is 1. The van der Waals surface area contributed by atoms with Crippen molar-refractivity contribution in [1.82, 2.24) is 10.6 Å². The Balaban J connectivity index is 2.12. The van der Waals surface area contributed by atoms with Crippen LogP contribution in [0, 0.1) is 0 Å².